The Bertz CT molecular complexity index is 658. The number of rotatable bonds is 3. The van der Waals surface area contributed by atoms with Crippen LogP contribution in [0.4, 0.5) is 10.5 Å². The number of anilines is 1. The van der Waals surface area contributed by atoms with Gasteiger partial charge in [0.1, 0.15) is 19.7 Å². The number of carbonyl (C=O) groups is 3. The van der Waals surface area contributed by atoms with Crippen LogP contribution in [0, 0.1) is 6.92 Å². The number of hydrogen-bond donors (Lipinski definition) is 0. The topological polar surface area (TPSA) is 70.2 Å². The Labute approximate surface area is 140 Å². The van der Waals surface area contributed by atoms with Crippen molar-refractivity contribution < 1.29 is 19.1 Å². The molecule has 1 atom stereocenters. The Morgan fingerprint density at radius 1 is 1.25 bits per heavy atom. The molecule has 3 amide bonds. The van der Waals surface area contributed by atoms with E-state index in [0.29, 0.717) is 19.7 Å². The van der Waals surface area contributed by atoms with Gasteiger partial charge < -0.3 is 14.5 Å². The van der Waals surface area contributed by atoms with Crippen molar-refractivity contribution >= 4 is 23.6 Å². The normalized spacial score (nSPS) is 21.2. The van der Waals surface area contributed by atoms with Crippen molar-refractivity contribution in [2.75, 3.05) is 37.7 Å². The number of cyclic esters (lactones) is 1. The zero-order chi connectivity index (χ0) is 17.3. The van der Waals surface area contributed by atoms with Gasteiger partial charge in [0, 0.05) is 18.3 Å². The summed E-state index contributed by atoms with van der Waals surface area (Å²) >= 11 is 0. The Morgan fingerprint density at radius 3 is 2.58 bits per heavy atom. The first kappa shape index (κ1) is 16.3. The molecule has 0 N–H and O–H groups in total. The van der Waals surface area contributed by atoms with Crippen molar-refractivity contribution in [1.82, 2.24) is 9.80 Å². The predicted molar refractivity (Wildman–Crippen MR) is 87.6 cm³/mol. The van der Waals surface area contributed by atoms with Gasteiger partial charge in [-0.25, -0.2) is 4.79 Å². The maximum Gasteiger partial charge on any atom is 0.410 e. The van der Waals surface area contributed by atoms with Crippen molar-refractivity contribution in [3.63, 3.8) is 0 Å². The van der Waals surface area contributed by atoms with E-state index in [1.807, 2.05) is 38.1 Å². The van der Waals surface area contributed by atoms with E-state index in [0.717, 1.165) is 11.3 Å². The van der Waals surface area contributed by atoms with Gasteiger partial charge >= 0.3 is 6.09 Å². The zero-order valence-electron chi connectivity index (χ0n) is 13.9. The summed E-state index contributed by atoms with van der Waals surface area (Å²) in [5.74, 6) is -0.340. The minimum atomic E-state index is -0.472. The third-order valence-corrected chi connectivity index (χ3v) is 4.42. The summed E-state index contributed by atoms with van der Waals surface area (Å²) in [4.78, 5) is 41.0. The standard InChI is InChI=1S/C17H21N3O4/c1-12-3-5-14(6-4-12)20-9-13(2)19(11-16(20)22)15(21)10-18-7-8-24-17(18)23/h3-6,13H,7-11H2,1-2H3/t13-/m0/s1. The average molecular weight is 331 g/mol. The predicted octanol–water partition coefficient (Wildman–Crippen LogP) is 1.01. The maximum atomic E-state index is 12.5. The number of benzene rings is 1. The van der Waals surface area contributed by atoms with Crippen LogP contribution in [0.25, 0.3) is 0 Å². The Morgan fingerprint density at radius 2 is 1.96 bits per heavy atom. The third kappa shape index (κ3) is 3.20. The lowest BCUT2D eigenvalue weighted by Gasteiger charge is -2.39. The molecule has 2 saturated heterocycles. The molecule has 2 fully saturated rings. The van der Waals surface area contributed by atoms with Crippen molar-refractivity contribution in [3.05, 3.63) is 29.8 Å². The molecule has 2 heterocycles. The van der Waals surface area contributed by atoms with Crippen LogP contribution in [0.3, 0.4) is 0 Å². The molecule has 2 aliphatic rings. The highest BCUT2D eigenvalue weighted by Crippen LogP contribution is 2.21. The van der Waals surface area contributed by atoms with E-state index in [-0.39, 0.29) is 30.9 Å². The molecule has 0 unspecified atom stereocenters. The highest BCUT2D eigenvalue weighted by Gasteiger charge is 2.35. The minimum Gasteiger partial charge on any atom is -0.448 e. The fourth-order valence-electron chi connectivity index (χ4n) is 2.98. The summed E-state index contributed by atoms with van der Waals surface area (Å²) in [5.41, 5.74) is 1.97. The molecule has 128 valence electrons. The monoisotopic (exact) mass is 331 g/mol. The number of aryl methyl sites for hydroxylation is 1. The summed E-state index contributed by atoms with van der Waals surface area (Å²) in [6, 6.07) is 7.64. The van der Waals surface area contributed by atoms with E-state index in [2.05, 4.69) is 0 Å². The molecule has 3 rings (SSSR count). The van der Waals surface area contributed by atoms with Crippen molar-refractivity contribution in [2.24, 2.45) is 0 Å². The van der Waals surface area contributed by atoms with E-state index in [4.69, 9.17) is 4.74 Å². The number of nitrogens with zero attached hydrogens (tertiary/aromatic N) is 3. The van der Waals surface area contributed by atoms with Gasteiger partial charge in [-0.2, -0.15) is 0 Å². The number of amides is 3. The van der Waals surface area contributed by atoms with Crippen LogP contribution < -0.4 is 4.90 Å². The van der Waals surface area contributed by atoms with Gasteiger partial charge in [-0.1, -0.05) is 17.7 Å². The largest absolute Gasteiger partial charge is 0.448 e. The summed E-state index contributed by atoms with van der Waals surface area (Å²) in [6.45, 7) is 5.05. The fourth-order valence-corrected chi connectivity index (χ4v) is 2.98. The lowest BCUT2D eigenvalue weighted by atomic mass is 10.1. The van der Waals surface area contributed by atoms with Crippen LogP contribution in [-0.4, -0.2) is 66.5 Å². The average Bonchev–Trinajstić information content (AvgIpc) is 2.95. The molecule has 0 radical (unpaired) electrons. The van der Waals surface area contributed by atoms with Crippen molar-refractivity contribution in [2.45, 2.75) is 19.9 Å². The van der Waals surface area contributed by atoms with Gasteiger partial charge in [0.2, 0.25) is 11.8 Å². The molecular weight excluding hydrogens is 310 g/mol. The lowest BCUT2D eigenvalue weighted by molar-refractivity contribution is -0.139. The van der Waals surface area contributed by atoms with Gasteiger partial charge in [0.15, 0.2) is 0 Å². The van der Waals surface area contributed by atoms with Gasteiger partial charge in [0.05, 0.1) is 6.54 Å². The van der Waals surface area contributed by atoms with E-state index in [9.17, 15) is 14.4 Å². The second-order valence-corrected chi connectivity index (χ2v) is 6.25. The minimum absolute atomic E-state index is 0.0246. The fraction of sp³-hybridized carbons (Fsp3) is 0.471. The molecule has 24 heavy (non-hydrogen) atoms. The van der Waals surface area contributed by atoms with E-state index < -0.39 is 6.09 Å². The van der Waals surface area contributed by atoms with Gasteiger partial charge in [-0.15, -0.1) is 0 Å². The summed E-state index contributed by atoms with van der Waals surface area (Å²) in [7, 11) is 0. The lowest BCUT2D eigenvalue weighted by Crippen LogP contribution is -2.58. The maximum absolute atomic E-state index is 12.5. The summed E-state index contributed by atoms with van der Waals surface area (Å²) in [6.07, 6.45) is -0.472. The van der Waals surface area contributed by atoms with Gasteiger partial charge in [0.25, 0.3) is 0 Å². The highest BCUT2D eigenvalue weighted by molar-refractivity contribution is 5.98. The molecule has 0 aromatic heterocycles. The molecule has 7 heteroatoms. The molecular formula is C17H21N3O4. The van der Waals surface area contributed by atoms with Crippen LogP contribution in [0.5, 0.6) is 0 Å². The van der Waals surface area contributed by atoms with Gasteiger partial charge in [-0.3, -0.25) is 14.5 Å². The first-order valence-electron chi connectivity index (χ1n) is 8.04. The molecule has 1 aromatic rings. The molecule has 2 aliphatic heterocycles. The second-order valence-electron chi connectivity index (χ2n) is 6.25. The van der Waals surface area contributed by atoms with Crippen molar-refractivity contribution in [3.8, 4) is 0 Å². The van der Waals surface area contributed by atoms with Crippen LogP contribution in [0.1, 0.15) is 12.5 Å². The van der Waals surface area contributed by atoms with Crippen LogP contribution in [0.2, 0.25) is 0 Å². The SMILES string of the molecule is Cc1ccc(N2C[C@H](C)N(C(=O)CN3CCOC3=O)CC2=O)cc1. The number of carbonyl (C=O) groups excluding carboxylic acids is 3. The van der Waals surface area contributed by atoms with Crippen molar-refractivity contribution in [1.29, 1.82) is 0 Å². The first-order chi connectivity index (χ1) is 11.5. The molecule has 7 nitrogen and oxygen atoms in total. The highest BCUT2D eigenvalue weighted by atomic mass is 16.6. The number of hydrogen-bond acceptors (Lipinski definition) is 4. The Hall–Kier alpha value is -2.57. The van der Waals surface area contributed by atoms with Crippen LogP contribution >= 0.6 is 0 Å². The van der Waals surface area contributed by atoms with E-state index in [1.54, 1.807) is 9.80 Å². The molecule has 1 aromatic carbocycles. The van der Waals surface area contributed by atoms with E-state index >= 15 is 0 Å². The first-order valence-corrected chi connectivity index (χ1v) is 8.04. The molecule has 0 bridgehead atoms. The van der Waals surface area contributed by atoms with Gasteiger partial charge in [-0.05, 0) is 26.0 Å². The summed E-state index contributed by atoms with van der Waals surface area (Å²) in [5, 5.41) is 0. The Kier molecular flexibility index (Phi) is 4.42. The number of ether oxygens (including phenoxy) is 1. The molecule has 0 aliphatic carbocycles. The van der Waals surface area contributed by atoms with Crippen LogP contribution in [-0.2, 0) is 14.3 Å². The zero-order valence-corrected chi connectivity index (χ0v) is 13.9. The number of piperazine rings is 1. The molecule has 0 spiro atoms. The quantitative estimate of drug-likeness (QED) is 0.829. The van der Waals surface area contributed by atoms with Crippen LogP contribution in [0.15, 0.2) is 24.3 Å². The van der Waals surface area contributed by atoms with E-state index in [1.165, 1.54) is 4.90 Å². The molecule has 0 saturated carbocycles. The summed E-state index contributed by atoms with van der Waals surface area (Å²) < 4.78 is 4.83. The second kappa shape index (κ2) is 6.51. The third-order valence-electron chi connectivity index (χ3n) is 4.42. The Balaban J connectivity index is 1.66. The smallest absolute Gasteiger partial charge is 0.410 e.